The van der Waals surface area contributed by atoms with Crippen molar-refractivity contribution in [2.45, 2.75) is 57.0 Å². The summed E-state index contributed by atoms with van der Waals surface area (Å²) in [7, 11) is 0. The van der Waals surface area contributed by atoms with E-state index in [9.17, 15) is 4.79 Å². The fourth-order valence-electron chi connectivity index (χ4n) is 3.05. The molecular weight excluding hydrogens is 324 g/mol. The molecule has 124 valence electrons. The zero-order valence-corrected chi connectivity index (χ0v) is 14.4. The molecule has 6 nitrogen and oxygen atoms in total. The first-order valence-electron chi connectivity index (χ1n) is 7.64. The Balaban J connectivity index is 0.00000176. The lowest BCUT2D eigenvalue weighted by Gasteiger charge is -2.21. The molecule has 22 heavy (non-hydrogen) atoms. The third-order valence-electron chi connectivity index (χ3n) is 4.33. The molecule has 3 rings (SSSR count). The summed E-state index contributed by atoms with van der Waals surface area (Å²) in [5.41, 5.74) is 5.93. The predicted molar refractivity (Wildman–Crippen MR) is 87.7 cm³/mol. The van der Waals surface area contributed by atoms with Gasteiger partial charge in [-0.2, -0.15) is 4.98 Å². The Labute approximate surface area is 141 Å². The van der Waals surface area contributed by atoms with Crippen LogP contribution >= 0.6 is 24.2 Å². The quantitative estimate of drug-likeness (QED) is 0.901. The van der Waals surface area contributed by atoms with Gasteiger partial charge in [0.25, 0.3) is 0 Å². The van der Waals surface area contributed by atoms with E-state index >= 15 is 0 Å². The number of amides is 1. The fourth-order valence-corrected chi connectivity index (χ4v) is 4.22. The third kappa shape index (κ3) is 3.26. The zero-order chi connectivity index (χ0) is 14.9. The summed E-state index contributed by atoms with van der Waals surface area (Å²) in [6.45, 7) is 2.01. The molecule has 1 aromatic rings. The van der Waals surface area contributed by atoms with Gasteiger partial charge in [0.1, 0.15) is 6.04 Å². The van der Waals surface area contributed by atoms with Crippen LogP contribution in [-0.4, -0.2) is 32.6 Å². The van der Waals surface area contributed by atoms with Gasteiger partial charge in [-0.25, -0.2) is 0 Å². The lowest BCUT2D eigenvalue weighted by Crippen LogP contribution is -2.35. The number of halogens is 1. The van der Waals surface area contributed by atoms with E-state index in [0.29, 0.717) is 24.0 Å². The van der Waals surface area contributed by atoms with E-state index in [1.165, 1.54) is 0 Å². The van der Waals surface area contributed by atoms with Crippen molar-refractivity contribution in [3.05, 3.63) is 11.7 Å². The zero-order valence-electron chi connectivity index (χ0n) is 12.8. The molecule has 2 N–H and O–H groups in total. The summed E-state index contributed by atoms with van der Waals surface area (Å²) in [5, 5.41) is 4.10. The lowest BCUT2D eigenvalue weighted by atomic mass is 9.99. The Morgan fingerprint density at radius 3 is 2.91 bits per heavy atom. The van der Waals surface area contributed by atoms with Crippen LogP contribution in [0.3, 0.4) is 0 Å². The van der Waals surface area contributed by atoms with Crippen LogP contribution in [0.15, 0.2) is 4.52 Å². The minimum atomic E-state index is -0.439. The number of aromatic nitrogens is 2. The molecule has 2 aliphatic rings. The molecule has 1 amide bonds. The fraction of sp³-hybridized carbons (Fsp3) is 0.786. The van der Waals surface area contributed by atoms with Crippen molar-refractivity contribution in [1.82, 2.24) is 15.0 Å². The summed E-state index contributed by atoms with van der Waals surface area (Å²) in [5.74, 6) is 2.82. The SMILES string of the molecule is CCCC(=O)N1CSCC1c1nc(C2(N)CCCC2)no1.Cl. The molecule has 2 heterocycles. The molecule has 0 spiro atoms. The summed E-state index contributed by atoms with van der Waals surface area (Å²) >= 11 is 1.73. The van der Waals surface area contributed by atoms with Crippen LogP contribution in [0.1, 0.15) is 63.2 Å². The van der Waals surface area contributed by atoms with E-state index in [2.05, 4.69) is 10.1 Å². The Bertz CT molecular complexity index is 519. The molecule has 0 radical (unpaired) electrons. The molecule has 1 unspecified atom stereocenters. The Morgan fingerprint density at radius 2 is 2.23 bits per heavy atom. The maximum Gasteiger partial charge on any atom is 0.250 e. The van der Waals surface area contributed by atoms with E-state index < -0.39 is 5.54 Å². The number of thioether (sulfide) groups is 1. The Morgan fingerprint density at radius 1 is 1.50 bits per heavy atom. The van der Waals surface area contributed by atoms with Gasteiger partial charge in [-0.3, -0.25) is 4.79 Å². The van der Waals surface area contributed by atoms with Gasteiger partial charge in [-0.05, 0) is 19.3 Å². The molecule has 1 atom stereocenters. The van der Waals surface area contributed by atoms with Crippen LogP contribution in [0.2, 0.25) is 0 Å². The van der Waals surface area contributed by atoms with E-state index in [1.54, 1.807) is 11.8 Å². The first kappa shape index (κ1) is 17.6. The predicted octanol–water partition coefficient (Wildman–Crippen LogP) is 2.59. The first-order valence-corrected chi connectivity index (χ1v) is 8.80. The minimum Gasteiger partial charge on any atom is -0.337 e. The smallest absolute Gasteiger partial charge is 0.250 e. The van der Waals surface area contributed by atoms with Crippen molar-refractivity contribution in [2.24, 2.45) is 5.73 Å². The number of carbonyl (C=O) groups excluding carboxylic acids is 1. The van der Waals surface area contributed by atoms with Gasteiger partial charge >= 0.3 is 0 Å². The summed E-state index contributed by atoms with van der Waals surface area (Å²) in [6, 6.07) is -0.0969. The monoisotopic (exact) mass is 346 g/mol. The van der Waals surface area contributed by atoms with Crippen LogP contribution in [0.5, 0.6) is 0 Å². The second-order valence-corrected chi connectivity index (χ2v) is 6.95. The van der Waals surface area contributed by atoms with Crippen LogP contribution in [0.4, 0.5) is 0 Å². The maximum atomic E-state index is 12.2. The van der Waals surface area contributed by atoms with Crippen molar-refractivity contribution >= 4 is 30.1 Å². The van der Waals surface area contributed by atoms with Crippen molar-refractivity contribution in [2.75, 3.05) is 11.6 Å². The Hall–Kier alpha value is -0.790. The van der Waals surface area contributed by atoms with E-state index in [0.717, 1.165) is 37.9 Å². The first-order chi connectivity index (χ1) is 10.1. The van der Waals surface area contributed by atoms with Gasteiger partial charge in [0.2, 0.25) is 11.8 Å². The lowest BCUT2D eigenvalue weighted by molar-refractivity contribution is -0.132. The molecule has 1 aliphatic carbocycles. The number of carbonyl (C=O) groups is 1. The molecule has 1 aliphatic heterocycles. The molecule has 8 heteroatoms. The topological polar surface area (TPSA) is 85.2 Å². The second-order valence-electron chi connectivity index (χ2n) is 5.95. The highest BCUT2D eigenvalue weighted by atomic mass is 35.5. The standard InChI is InChI=1S/C14H22N4O2S.ClH/c1-2-5-11(19)18-9-21-8-10(18)12-16-13(17-20-12)14(15)6-3-4-7-14;/h10H,2-9,15H2,1H3;1H. The average Bonchev–Trinajstić information content (AvgIpc) is 3.18. The molecule has 2 fully saturated rings. The van der Waals surface area contributed by atoms with Crippen molar-refractivity contribution < 1.29 is 9.32 Å². The number of hydrogen-bond acceptors (Lipinski definition) is 6. The van der Waals surface area contributed by atoms with Crippen molar-refractivity contribution in [3.8, 4) is 0 Å². The minimum absolute atomic E-state index is 0. The van der Waals surface area contributed by atoms with Crippen LogP contribution in [-0.2, 0) is 10.3 Å². The summed E-state index contributed by atoms with van der Waals surface area (Å²) in [6.07, 6.45) is 5.46. The summed E-state index contributed by atoms with van der Waals surface area (Å²) in [4.78, 5) is 18.5. The van der Waals surface area contributed by atoms with E-state index in [1.807, 2.05) is 11.8 Å². The molecule has 0 bridgehead atoms. The van der Waals surface area contributed by atoms with Gasteiger partial charge in [0.15, 0.2) is 5.82 Å². The van der Waals surface area contributed by atoms with Crippen molar-refractivity contribution in [3.63, 3.8) is 0 Å². The van der Waals surface area contributed by atoms with Crippen LogP contribution in [0, 0.1) is 0 Å². The van der Waals surface area contributed by atoms with Crippen LogP contribution in [0.25, 0.3) is 0 Å². The number of nitrogens with two attached hydrogens (primary N) is 1. The number of hydrogen-bond donors (Lipinski definition) is 1. The van der Waals surface area contributed by atoms with Gasteiger partial charge < -0.3 is 15.2 Å². The highest BCUT2D eigenvalue weighted by Crippen LogP contribution is 2.37. The maximum absolute atomic E-state index is 12.2. The Kier molecular flexibility index (Phi) is 5.74. The molecule has 1 aromatic heterocycles. The van der Waals surface area contributed by atoms with E-state index in [-0.39, 0.29) is 24.4 Å². The van der Waals surface area contributed by atoms with Crippen molar-refractivity contribution in [1.29, 1.82) is 0 Å². The second kappa shape index (κ2) is 7.19. The third-order valence-corrected chi connectivity index (χ3v) is 5.35. The number of nitrogens with zero attached hydrogens (tertiary/aromatic N) is 3. The van der Waals surface area contributed by atoms with E-state index in [4.69, 9.17) is 10.3 Å². The molecular formula is C14H23ClN4O2S. The largest absolute Gasteiger partial charge is 0.337 e. The highest BCUT2D eigenvalue weighted by molar-refractivity contribution is 7.99. The highest BCUT2D eigenvalue weighted by Gasteiger charge is 2.39. The molecule has 1 saturated heterocycles. The number of rotatable bonds is 4. The summed E-state index contributed by atoms with van der Waals surface area (Å²) < 4.78 is 5.44. The van der Waals surface area contributed by atoms with Gasteiger partial charge in [0.05, 0.1) is 11.4 Å². The van der Waals surface area contributed by atoms with Gasteiger partial charge in [-0.15, -0.1) is 24.2 Å². The molecule has 1 saturated carbocycles. The molecule has 0 aromatic carbocycles. The van der Waals surface area contributed by atoms with Crippen LogP contribution < -0.4 is 5.73 Å². The van der Waals surface area contributed by atoms with Gasteiger partial charge in [0, 0.05) is 12.2 Å². The van der Waals surface area contributed by atoms with Gasteiger partial charge in [-0.1, -0.05) is 24.9 Å². The average molecular weight is 347 g/mol. The normalized spacial score (nSPS) is 23.5.